The second-order valence-corrected chi connectivity index (χ2v) is 1.40. The Morgan fingerprint density at radius 1 is 1.50 bits per heavy atom. The van der Waals surface area contributed by atoms with Crippen LogP contribution in [-0.2, 0) is 0 Å². The molecule has 0 saturated heterocycles. The van der Waals surface area contributed by atoms with Crippen molar-refractivity contribution in [2.24, 2.45) is 0 Å². The van der Waals surface area contributed by atoms with Gasteiger partial charge in [-0.1, -0.05) is 0 Å². The van der Waals surface area contributed by atoms with Crippen molar-refractivity contribution in [1.82, 2.24) is 9.97 Å². The number of hydrogen-bond acceptors (Lipinski definition) is 3. The van der Waals surface area contributed by atoms with Crippen molar-refractivity contribution in [3.8, 4) is 0 Å². The van der Waals surface area contributed by atoms with E-state index in [1.165, 1.54) is 18.6 Å². The number of carbonyl (C=O) groups is 1. The number of nitrogens with zero attached hydrogens (tertiary/aromatic N) is 2. The molecule has 1 N–H and O–H groups in total. The first-order valence-corrected chi connectivity index (χ1v) is 2.30. The fourth-order valence-corrected chi connectivity index (χ4v) is 0.410. The zero-order valence-corrected chi connectivity index (χ0v) is 6.95. The molecule has 1 aromatic rings. The maximum absolute atomic E-state index is 10.1. The van der Waals surface area contributed by atoms with Gasteiger partial charge in [-0.25, -0.2) is 9.78 Å². The summed E-state index contributed by atoms with van der Waals surface area (Å²) in [7, 11) is 0. The van der Waals surface area contributed by atoms with Crippen molar-refractivity contribution < 1.29 is 48.5 Å². The van der Waals surface area contributed by atoms with E-state index in [9.17, 15) is 4.79 Å². The Labute approximate surface area is 88.1 Å². The molecular weight excluding hydrogens is 279 g/mol. The largest absolute Gasteiger partial charge is 0.476 e. The van der Waals surface area contributed by atoms with Gasteiger partial charge in [0, 0.05) is 51.0 Å². The SMILES string of the molecule is O=C(O)c1cnccn1.[Tb]. The average Bonchev–Trinajstić information content (AvgIpc) is 1.90. The van der Waals surface area contributed by atoms with E-state index in [0.717, 1.165) is 0 Å². The van der Waals surface area contributed by atoms with Crippen molar-refractivity contribution in [2.45, 2.75) is 0 Å². The number of hydrogen-bond donors (Lipinski definition) is 1. The number of aromatic nitrogens is 2. The first kappa shape index (κ1) is 9.84. The molecule has 10 heavy (non-hydrogen) atoms. The smallest absolute Gasteiger partial charge is 0.356 e. The maximum atomic E-state index is 10.1. The molecule has 1 heterocycles. The maximum Gasteiger partial charge on any atom is 0.356 e. The summed E-state index contributed by atoms with van der Waals surface area (Å²) in [6.45, 7) is 0. The van der Waals surface area contributed by atoms with Crippen LogP contribution in [0, 0.1) is 38.6 Å². The van der Waals surface area contributed by atoms with E-state index in [4.69, 9.17) is 5.11 Å². The quantitative estimate of drug-likeness (QED) is 0.798. The topological polar surface area (TPSA) is 63.1 Å². The second-order valence-electron chi connectivity index (χ2n) is 1.40. The van der Waals surface area contributed by atoms with Crippen LogP contribution in [-0.4, -0.2) is 21.0 Å². The van der Waals surface area contributed by atoms with E-state index in [0.29, 0.717) is 0 Å². The van der Waals surface area contributed by atoms with Crippen molar-refractivity contribution >= 4 is 5.97 Å². The number of carboxylic acid groups (broad SMARTS) is 1. The predicted octanol–water partition coefficient (Wildman–Crippen LogP) is 0.175. The first-order valence-electron chi connectivity index (χ1n) is 2.30. The number of aromatic carboxylic acids is 1. The predicted molar refractivity (Wildman–Crippen MR) is 29.0 cm³/mol. The molecule has 0 aliphatic heterocycles. The van der Waals surface area contributed by atoms with Crippen LogP contribution >= 0.6 is 0 Å². The first-order chi connectivity index (χ1) is 4.30. The van der Waals surface area contributed by atoms with Gasteiger partial charge in [0.1, 0.15) is 0 Å². The third-order valence-electron chi connectivity index (χ3n) is 0.782. The fourth-order valence-electron chi connectivity index (χ4n) is 0.410. The van der Waals surface area contributed by atoms with Crippen LogP contribution in [0.25, 0.3) is 0 Å². The summed E-state index contributed by atoms with van der Waals surface area (Å²) in [5.41, 5.74) is -0.0301. The summed E-state index contributed by atoms with van der Waals surface area (Å²) >= 11 is 0. The molecule has 4 nitrogen and oxygen atoms in total. The Morgan fingerprint density at radius 2 is 2.20 bits per heavy atom. The van der Waals surface area contributed by atoms with E-state index in [1.54, 1.807) is 0 Å². The van der Waals surface area contributed by atoms with Gasteiger partial charge in [0.15, 0.2) is 5.69 Å². The van der Waals surface area contributed by atoms with Crippen molar-refractivity contribution in [1.29, 1.82) is 0 Å². The van der Waals surface area contributed by atoms with E-state index in [-0.39, 0.29) is 44.3 Å². The molecule has 0 fully saturated rings. The second kappa shape index (κ2) is 4.62. The Balaban J connectivity index is 0.000000810. The van der Waals surface area contributed by atoms with Gasteiger partial charge in [-0.3, -0.25) is 4.98 Å². The van der Waals surface area contributed by atoms with E-state index < -0.39 is 5.97 Å². The molecule has 1 aromatic heterocycles. The molecule has 0 aromatic carbocycles. The van der Waals surface area contributed by atoms with Crippen molar-refractivity contribution in [2.75, 3.05) is 0 Å². The minimum absolute atomic E-state index is 0. The zero-order chi connectivity index (χ0) is 6.69. The molecular formula is C5H4N2O2Tb. The van der Waals surface area contributed by atoms with E-state index in [1.807, 2.05) is 0 Å². The third-order valence-corrected chi connectivity index (χ3v) is 0.782. The average molecular weight is 283 g/mol. The summed E-state index contributed by atoms with van der Waals surface area (Å²) < 4.78 is 0. The Bertz CT molecular complexity index is 214. The van der Waals surface area contributed by atoms with Gasteiger partial charge < -0.3 is 5.11 Å². The third kappa shape index (κ3) is 2.61. The van der Waals surface area contributed by atoms with Crippen molar-refractivity contribution in [3.05, 3.63) is 24.3 Å². The van der Waals surface area contributed by atoms with Gasteiger partial charge >= 0.3 is 5.97 Å². The summed E-state index contributed by atoms with van der Waals surface area (Å²) in [6.07, 6.45) is 3.96. The molecule has 0 bridgehead atoms. The minimum Gasteiger partial charge on any atom is -0.476 e. The number of carboxylic acids is 1. The molecule has 1 radical (unpaired) electrons. The Morgan fingerprint density at radius 3 is 2.50 bits per heavy atom. The van der Waals surface area contributed by atoms with Crippen LogP contribution < -0.4 is 0 Å². The van der Waals surface area contributed by atoms with Crippen LogP contribution in [0.4, 0.5) is 0 Å². The fraction of sp³-hybridized carbons (Fsp3) is 0. The summed E-state index contributed by atoms with van der Waals surface area (Å²) in [6, 6.07) is 0. The van der Waals surface area contributed by atoms with Gasteiger partial charge in [0.25, 0.3) is 0 Å². The normalized spacial score (nSPS) is 8.00. The van der Waals surface area contributed by atoms with Crippen LogP contribution in [0.15, 0.2) is 18.6 Å². The summed E-state index contributed by atoms with van der Waals surface area (Å²) in [5.74, 6) is -1.05. The number of rotatable bonds is 1. The molecule has 1 rings (SSSR count). The summed E-state index contributed by atoms with van der Waals surface area (Å²) in [4.78, 5) is 17.2. The molecule has 0 aliphatic carbocycles. The van der Waals surface area contributed by atoms with Gasteiger partial charge in [0.2, 0.25) is 0 Å². The van der Waals surface area contributed by atoms with Crippen LogP contribution in [0.1, 0.15) is 10.5 Å². The standard InChI is InChI=1S/C5H4N2O2.Tb/c8-5(9)4-3-6-1-2-7-4;/h1-3H,(H,8,9);. The van der Waals surface area contributed by atoms with Crippen LogP contribution in [0.5, 0.6) is 0 Å². The molecule has 5 heteroatoms. The zero-order valence-electron chi connectivity index (χ0n) is 4.82. The van der Waals surface area contributed by atoms with Gasteiger partial charge in [-0.05, 0) is 0 Å². The van der Waals surface area contributed by atoms with E-state index in [2.05, 4.69) is 9.97 Å². The molecule has 55 valence electrons. The monoisotopic (exact) mass is 283 g/mol. The van der Waals surface area contributed by atoms with Gasteiger partial charge in [-0.15, -0.1) is 0 Å². The molecule has 0 amide bonds. The van der Waals surface area contributed by atoms with Crippen LogP contribution in [0.2, 0.25) is 0 Å². The molecule has 0 saturated carbocycles. The van der Waals surface area contributed by atoms with Crippen LogP contribution in [0.3, 0.4) is 0 Å². The van der Waals surface area contributed by atoms with Crippen molar-refractivity contribution in [3.63, 3.8) is 0 Å². The minimum atomic E-state index is -1.05. The van der Waals surface area contributed by atoms with Gasteiger partial charge in [-0.2, -0.15) is 0 Å². The molecule has 0 aliphatic rings. The Hall–Kier alpha value is -0.164. The molecule has 0 atom stereocenters. The summed E-state index contributed by atoms with van der Waals surface area (Å²) in [5, 5.41) is 8.28. The van der Waals surface area contributed by atoms with E-state index >= 15 is 0 Å². The van der Waals surface area contributed by atoms with Gasteiger partial charge in [0.05, 0.1) is 6.20 Å². The molecule has 0 spiro atoms. The Kier molecular flexibility index (Phi) is 4.54. The molecule has 0 unspecified atom stereocenters.